The summed E-state index contributed by atoms with van der Waals surface area (Å²) in [6, 6.07) is 0. The molecule has 0 aromatic rings. The quantitative estimate of drug-likeness (QED) is 0.292. The molecule has 11 heteroatoms. The van der Waals surface area contributed by atoms with Crippen molar-refractivity contribution in [3.8, 4) is 0 Å². The van der Waals surface area contributed by atoms with E-state index in [2.05, 4.69) is 0 Å². The van der Waals surface area contributed by atoms with Gasteiger partial charge >= 0.3 is 0 Å². The van der Waals surface area contributed by atoms with Crippen molar-refractivity contribution in [2.75, 3.05) is 19.1 Å². The lowest BCUT2D eigenvalue weighted by molar-refractivity contribution is -0.291. The van der Waals surface area contributed by atoms with E-state index < -0.39 is 65.9 Å². The lowest BCUT2D eigenvalue weighted by Gasteiger charge is -2.54. The highest BCUT2D eigenvalue weighted by Crippen LogP contribution is 2.49. The van der Waals surface area contributed by atoms with Crippen molar-refractivity contribution in [3.05, 3.63) is 0 Å². The molecule has 0 aliphatic carbocycles. The molecule has 0 saturated carbocycles. The fourth-order valence-electron chi connectivity index (χ4n) is 3.18. The maximum Gasteiger partial charge on any atom is 0.160 e. The molecule has 136 valence electrons. The molecule has 0 aromatic carbocycles. The lowest BCUT2D eigenvalue weighted by atomic mass is 9.70. The molecular formula is C12H19Cl3O8. The minimum Gasteiger partial charge on any atom is -0.394 e. The summed E-state index contributed by atoms with van der Waals surface area (Å²) in [5.74, 6) is -0.198. The van der Waals surface area contributed by atoms with Crippen LogP contribution in [0.4, 0.5) is 0 Å². The zero-order valence-electron chi connectivity index (χ0n) is 11.8. The molecule has 8 nitrogen and oxygen atoms in total. The van der Waals surface area contributed by atoms with Gasteiger partial charge in [-0.3, -0.25) is 0 Å². The summed E-state index contributed by atoms with van der Waals surface area (Å²) in [7, 11) is 0. The zero-order chi connectivity index (χ0) is 17.6. The fraction of sp³-hybridized carbons (Fsp3) is 1.00. The van der Waals surface area contributed by atoms with Crippen LogP contribution in [0.3, 0.4) is 0 Å². The second-order valence-electron chi connectivity index (χ2n) is 5.67. The maximum atomic E-state index is 11.1. The van der Waals surface area contributed by atoms with Gasteiger partial charge < -0.3 is 40.1 Å². The molecule has 2 aliphatic heterocycles. The number of rotatable bonds is 4. The Labute approximate surface area is 147 Å². The van der Waals surface area contributed by atoms with Crippen molar-refractivity contribution in [1.82, 2.24) is 0 Å². The number of aliphatic hydroxyl groups excluding tert-OH is 5. The Kier molecular flexibility index (Phi) is 6.09. The molecule has 2 heterocycles. The molecule has 0 bridgehead atoms. The van der Waals surface area contributed by atoms with Crippen molar-refractivity contribution in [3.63, 3.8) is 0 Å². The summed E-state index contributed by atoms with van der Waals surface area (Å²) >= 11 is 17.8. The summed E-state index contributed by atoms with van der Waals surface area (Å²) in [5, 5.41) is 59.3. The van der Waals surface area contributed by atoms with Gasteiger partial charge in [0.15, 0.2) is 11.2 Å². The summed E-state index contributed by atoms with van der Waals surface area (Å²) in [6.07, 6.45) is -7.69. The summed E-state index contributed by atoms with van der Waals surface area (Å²) < 4.78 is 10.5. The third kappa shape index (κ3) is 2.69. The Balaban J connectivity index is 2.52. The zero-order valence-corrected chi connectivity index (χ0v) is 14.1. The molecule has 0 aromatic heterocycles. The largest absolute Gasteiger partial charge is 0.394 e. The average Bonchev–Trinajstić information content (AvgIpc) is 2.81. The van der Waals surface area contributed by atoms with Gasteiger partial charge in [0.25, 0.3) is 0 Å². The summed E-state index contributed by atoms with van der Waals surface area (Å²) in [4.78, 5) is 0. The van der Waals surface area contributed by atoms with Crippen LogP contribution in [-0.2, 0) is 9.47 Å². The van der Waals surface area contributed by atoms with Crippen LogP contribution in [-0.4, -0.2) is 102 Å². The van der Waals surface area contributed by atoms with E-state index in [0.717, 1.165) is 0 Å². The number of halogens is 3. The highest BCUT2D eigenvalue weighted by Gasteiger charge is 2.72. The SMILES string of the molecule is OC[C@@H]1OC(CO)([C@@]2(O)[C@@H](O)[C@@H](Cl)O[C@H](CCl)[C@@H]2Cl)[C@H](O)[C@H]1O. The molecule has 23 heavy (non-hydrogen) atoms. The summed E-state index contributed by atoms with van der Waals surface area (Å²) in [5.41, 5.74) is -6.27. The standard InChI is InChI=1S/C12H19Cl3O8/c13-1-4-7(14)12(21,9(20)10(15)22-4)11(3-17)8(19)6(18)5(2-16)23-11/h4-10,16-21H,1-3H2/t4-,5+,6+,7+,8-,9+,10+,11?,12+/m1/s1. The third-order valence-corrected chi connectivity index (χ3v) is 5.80. The van der Waals surface area contributed by atoms with Gasteiger partial charge in [-0.15, -0.1) is 23.2 Å². The van der Waals surface area contributed by atoms with Crippen LogP contribution in [0.15, 0.2) is 0 Å². The van der Waals surface area contributed by atoms with E-state index in [1.54, 1.807) is 0 Å². The Morgan fingerprint density at radius 1 is 1.00 bits per heavy atom. The van der Waals surface area contributed by atoms with Crippen molar-refractivity contribution >= 4 is 34.8 Å². The van der Waals surface area contributed by atoms with Crippen LogP contribution in [0, 0.1) is 0 Å². The lowest BCUT2D eigenvalue weighted by Crippen LogP contribution is -2.77. The molecule has 9 atom stereocenters. The van der Waals surface area contributed by atoms with E-state index in [4.69, 9.17) is 44.3 Å². The van der Waals surface area contributed by atoms with E-state index in [9.17, 15) is 30.6 Å². The second-order valence-corrected chi connectivity index (χ2v) is 6.88. The highest BCUT2D eigenvalue weighted by atomic mass is 35.5. The summed E-state index contributed by atoms with van der Waals surface area (Å²) in [6.45, 7) is -1.71. The van der Waals surface area contributed by atoms with Gasteiger partial charge in [-0.1, -0.05) is 11.6 Å². The molecule has 0 spiro atoms. The molecular weight excluding hydrogens is 378 g/mol. The fourth-order valence-corrected chi connectivity index (χ4v) is 4.31. The first-order valence-electron chi connectivity index (χ1n) is 6.86. The number of hydrogen-bond acceptors (Lipinski definition) is 8. The third-order valence-electron chi connectivity index (χ3n) is 4.54. The number of aliphatic hydroxyl groups is 6. The van der Waals surface area contributed by atoms with Crippen molar-refractivity contribution in [2.45, 2.75) is 52.7 Å². The van der Waals surface area contributed by atoms with Crippen LogP contribution in [0.5, 0.6) is 0 Å². The molecule has 2 rings (SSSR count). The molecule has 0 radical (unpaired) electrons. The first-order valence-corrected chi connectivity index (χ1v) is 8.27. The van der Waals surface area contributed by atoms with E-state index in [1.165, 1.54) is 0 Å². The van der Waals surface area contributed by atoms with Gasteiger partial charge in [-0.05, 0) is 0 Å². The molecule has 0 amide bonds. The van der Waals surface area contributed by atoms with Gasteiger partial charge in [0, 0.05) is 0 Å². The van der Waals surface area contributed by atoms with Gasteiger partial charge in [0.05, 0.1) is 30.6 Å². The minimum absolute atomic E-state index is 0.198. The van der Waals surface area contributed by atoms with Gasteiger partial charge in [-0.25, -0.2) is 0 Å². The van der Waals surface area contributed by atoms with Gasteiger partial charge in [0.1, 0.15) is 30.0 Å². The van der Waals surface area contributed by atoms with Crippen LogP contribution < -0.4 is 0 Å². The number of alkyl halides is 3. The molecule has 2 saturated heterocycles. The highest BCUT2D eigenvalue weighted by molar-refractivity contribution is 6.25. The average molecular weight is 398 g/mol. The van der Waals surface area contributed by atoms with Crippen molar-refractivity contribution in [1.29, 1.82) is 0 Å². The van der Waals surface area contributed by atoms with E-state index >= 15 is 0 Å². The smallest absolute Gasteiger partial charge is 0.160 e. The Hall–Kier alpha value is 0.550. The molecule has 6 N–H and O–H groups in total. The first kappa shape index (κ1) is 19.9. The van der Waals surface area contributed by atoms with Crippen LogP contribution in [0.1, 0.15) is 0 Å². The van der Waals surface area contributed by atoms with E-state index in [1.807, 2.05) is 0 Å². The van der Waals surface area contributed by atoms with Crippen LogP contribution in [0.25, 0.3) is 0 Å². The van der Waals surface area contributed by atoms with E-state index in [0.29, 0.717) is 0 Å². The topological polar surface area (TPSA) is 140 Å². The number of hydrogen-bond donors (Lipinski definition) is 6. The minimum atomic E-state index is -2.52. The van der Waals surface area contributed by atoms with Gasteiger partial charge in [0.2, 0.25) is 0 Å². The van der Waals surface area contributed by atoms with Crippen LogP contribution in [0.2, 0.25) is 0 Å². The maximum absolute atomic E-state index is 11.1. The monoisotopic (exact) mass is 396 g/mol. The first-order chi connectivity index (χ1) is 10.7. The second kappa shape index (κ2) is 7.05. The number of ether oxygens (including phenoxy) is 2. The van der Waals surface area contributed by atoms with Gasteiger partial charge in [-0.2, -0.15) is 0 Å². The Morgan fingerprint density at radius 3 is 2.04 bits per heavy atom. The Morgan fingerprint density at radius 2 is 1.61 bits per heavy atom. The Bertz CT molecular complexity index is 431. The van der Waals surface area contributed by atoms with Crippen molar-refractivity contribution < 1.29 is 40.1 Å². The predicted octanol–water partition coefficient (Wildman–Crippen LogP) is -2.27. The van der Waals surface area contributed by atoms with E-state index in [-0.39, 0.29) is 5.88 Å². The molecule has 2 fully saturated rings. The molecule has 2 aliphatic rings. The molecule has 1 unspecified atom stereocenters. The normalized spacial score (nSPS) is 54.4. The van der Waals surface area contributed by atoms with Crippen LogP contribution >= 0.6 is 34.8 Å². The predicted molar refractivity (Wildman–Crippen MR) is 79.6 cm³/mol. The van der Waals surface area contributed by atoms with Crippen molar-refractivity contribution in [2.24, 2.45) is 0 Å².